The Balaban J connectivity index is 2.19. The summed E-state index contributed by atoms with van der Waals surface area (Å²) in [6, 6.07) is 9.07. The Labute approximate surface area is 123 Å². The van der Waals surface area contributed by atoms with E-state index in [0.29, 0.717) is 18.4 Å². The number of hydrogen-bond acceptors (Lipinski definition) is 3. The topological polar surface area (TPSA) is 81.4 Å². The summed E-state index contributed by atoms with van der Waals surface area (Å²) in [5, 5.41) is 17.9. The number of carbonyl (C=O) groups excluding carboxylic acids is 1. The highest BCUT2D eigenvalue weighted by Crippen LogP contribution is 2.24. The SMILES string of the molecule is CC1CCC(C(=O)O)CN1C(=O)c1cccc(CC#N)c1. The molecule has 1 heterocycles. The van der Waals surface area contributed by atoms with Crippen LogP contribution in [0.4, 0.5) is 0 Å². The molecule has 1 aliphatic rings. The minimum Gasteiger partial charge on any atom is -0.481 e. The summed E-state index contributed by atoms with van der Waals surface area (Å²) in [7, 11) is 0. The minimum atomic E-state index is -0.849. The zero-order valence-corrected chi connectivity index (χ0v) is 12.0. The molecule has 5 nitrogen and oxygen atoms in total. The van der Waals surface area contributed by atoms with E-state index in [9.17, 15) is 9.59 Å². The molecule has 0 saturated carbocycles. The Kier molecular flexibility index (Phi) is 4.59. The van der Waals surface area contributed by atoms with E-state index in [1.54, 1.807) is 29.2 Å². The van der Waals surface area contributed by atoms with Crippen molar-refractivity contribution in [1.82, 2.24) is 4.90 Å². The number of carboxylic acid groups (broad SMARTS) is 1. The van der Waals surface area contributed by atoms with E-state index in [2.05, 4.69) is 6.07 Å². The molecule has 5 heteroatoms. The molecular formula is C16H18N2O3. The number of nitriles is 1. The van der Waals surface area contributed by atoms with Crippen molar-refractivity contribution >= 4 is 11.9 Å². The fraction of sp³-hybridized carbons (Fsp3) is 0.438. The second kappa shape index (κ2) is 6.40. The number of nitrogens with zero attached hydrogens (tertiary/aromatic N) is 2. The molecule has 1 aliphatic heterocycles. The van der Waals surface area contributed by atoms with Gasteiger partial charge in [-0.05, 0) is 37.5 Å². The number of carbonyl (C=O) groups is 2. The molecule has 1 fully saturated rings. The average molecular weight is 286 g/mol. The third-order valence-electron chi connectivity index (χ3n) is 3.95. The molecule has 2 unspecified atom stereocenters. The lowest BCUT2D eigenvalue weighted by Crippen LogP contribution is -2.47. The Bertz CT molecular complexity index is 591. The van der Waals surface area contributed by atoms with Crippen LogP contribution in [0.15, 0.2) is 24.3 Å². The maximum atomic E-state index is 12.6. The second-order valence-electron chi connectivity index (χ2n) is 5.45. The van der Waals surface area contributed by atoms with Gasteiger partial charge in [-0.3, -0.25) is 9.59 Å². The summed E-state index contributed by atoms with van der Waals surface area (Å²) in [6.45, 7) is 2.19. The van der Waals surface area contributed by atoms with Gasteiger partial charge < -0.3 is 10.0 Å². The van der Waals surface area contributed by atoms with Crippen LogP contribution in [0, 0.1) is 17.2 Å². The van der Waals surface area contributed by atoms with Gasteiger partial charge in [0.1, 0.15) is 0 Å². The number of hydrogen-bond donors (Lipinski definition) is 1. The van der Waals surface area contributed by atoms with Gasteiger partial charge in [-0.2, -0.15) is 5.26 Å². The predicted octanol–water partition coefficient (Wildman–Crippen LogP) is 2.08. The number of rotatable bonds is 3. The Morgan fingerprint density at radius 3 is 2.86 bits per heavy atom. The fourth-order valence-corrected chi connectivity index (χ4v) is 2.66. The van der Waals surface area contributed by atoms with E-state index in [4.69, 9.17) is 10.4 Å². The Morgan fingerprint density at radius 2 is 2.19 bits per heavy atom. The normalized spacial score (nSPS) is 21.6. The van der Waals surface area contributed by atoms with Crippen molar-refractivity contribution in [2.45, 2.75) is 32.2 Å². The van der Waals surface area contributed by atoms with Crippen molar-refractivity contribution in [2.24, 2.45) is 5.92 Å². The first-order valence-corrected chi connectivity index (χ1v) is 7.02. The van der Waals surface area contributed by atoms with Gasteiger partial charge in [-0.25, -0.2) is 0 Å². The first kappa shape index (κ1) is 15.0. The molecule has 2 atom stereocenters. The summed E-state index contributed by atoms with van der Waals surface area (Å²) in [6.07, 6.45) is 1.56. The largest absolute Gasteiger partial charge is 0.481 e. The van der Waals surface area contributed by atoms with Crippen molar-refractivity contribution in [3.8, 4) is 6.07 Å². The minimum absolute atomic E-state index is 0.0349. The molecule has 1 aromatic rings. The molecule has 0 spiro atoms. The quantitative estimate of drug-likeness (QED) is 0.922. The zero-order chi connectivity index (χ0) is 15.4. The van der Waals surface area contributed by atoms with Crippen LogP contribution in [0.3, 0.4) is 0 Å². The highest BCUT2D eigenvalue weighted by Gasteiger charge is 2.32. The molecule has 1 aromatic carbocycles. The summed E-state index contributed by atoms with van der Waals surface area (Å²) in [5.74, 6) is -1.50. The molecule has 0 radical (unpaired) electrons. The fourth-order valence-electron chi connectivity index (χ4n) is 2.66. The van der Waals surface area contributed by atoms with Crippen molar-refractivity contribution in [3.05, 3.63) is 35.4 Å². The van der Waals surface area contributed by atoms with Crippen LogP contribution in [0.5, 0.6) is 0 Å². The van der Waals surface area contributed by atoms with Crippen molar-refractivity contribution in [1.29, 1.82) is 5.26 Å². The lowest BCUT2D eigenvalue weighted by atomic mass is 9.92. The third kappa shape index (κ3) is 3.40. The molecule has 2 rings (SSSR count). The van der Waals surface area contributed by atoms with E-state index >= 15 is 0 Å². The van der Waals surface area contributed by atoms with Crippen LogP contribution < -0.4 is 0 Å². The number of carboxylic acids is 1. The molecule has 110 valence electrons. The Morgan fingerprint density at radius 1 is 1.43 bits per heavy atom. The van der Waals surface area contributed by atoms with Gasteiger partial charge in [-0.1, -0.05) is 12.1 Å². The Hall–Kier alpha value is -2.35. The van der Waals surface area contributed by atoms with Gasteiger partial charge in [0.05, 0.1) is 18.4 Å². The van der Waals surface area contributed by atoms with E-state index in [1.165, 1.54) is 0 Å². The van der Waals surface area contributed by atoms with Crippen LogP contribution in [0.2, 0.25) is 0 Å². The van der Waals surface area contributed by atoms with Gasteiger partial charge in [-0.15, -0.1) is 0 Å². The highest BCUT2D eigenvalue weighted by atomic mass is 16.4. The number of benzene rings is 1. The highest BCUT2D eigenvalue weighted by molar-refractivity contribution is 5.95. The van der Waals surface area contributed by atoms with E-state index in [-0.39, 0.29) is 24.9 Å². The van der Waals surface area contributed by atoms with Gasteiger partial charge >= 0.3 is 5.97 Å². The van der Waals surface area contributed by atoms with Gasteiger partial charge in [0, 0.05) is 18.2 Å². The lowest BCUT2D eigenvalue weighted by Gasteiger charge is -2.36. The molecule has 0 aliphatic carbocycles. The summed E-state index contributed by atoms with van der Waals surface area (Å²) >= 11 is 0. The standard InChI is InChI=1S/C16H18N2O3/c1-11-5-6-14(16(20)21)10-18(11)15(19)13-4-2-3-12(9-13)7-8-17/h2-4,9,11,14H,5-7,10H2,1H3,(H,20,21). The van der Waals surface area contributed by atoms with Crippen molar-refractivity contribution in [2.75, 3.05) is 6.54 Å². The predicted molar refractivity (Wildman–Crippen MR) is 76.6 cm³/mol. The molecule has 1 amide bonds. The maximum Gasteiger partial charge on any atom is 0.308 e. The summed E-state index contributed by atoms with van der Waals surface area (Å²) < 4.78 is 0. The molecule has 1 saturated heterocycles. The molecule has 1 N–H and O–H groups in total. The first-order valence-electron chi connectivity index (χ1n) is 7.02. The smallest absolute Gasteiger partial charge is 0.308 e. The molecule has 0 aromatic heterocycles. The maximum absolute atomic E-state index is 12.6. The number of aliphatic carboxylic acids is 1. The summed E-state index contributed by atoms with van der Waals surface area (Å²) in [4.78, 5) is 25.3. The number of likely N-dealkylation sites (tertiary alicyclic amines) is 1. The van der Waals surface area contributed by atoms with E-state index in [0.717, 1.165) is 5.56 Å². The third-order valence-corrected chi connectivity index (χ3v) is 3.95. The van der Waals surface area contributed by atoms with Gasteiger partial charge in [0.15, 0.2) is 0 Å². The summed E-state index contributed by atoms with van der Waals surface area (Å²) in [5.41, 5.74) is 1.31. The number of piperidine rings is 1. The zero-order valence-electron chi connectivity index (χ0n) is 12.0. The van der Waals surface area contributed by atoms with Crippen LogP contribution >= 0.6 is 0 Å². The number of amides is 1. The molecule has 0 bridgehead atoms. The lowest BCUT2D eigenvalue weighted by molar-refractivity contribution is -0.143. The second-order valence-corrected chi connectivity index (χ2v) is 5.45. The average Bonchev–Trinajstić information content (AvgIpc) is 2.47. The van der Waals surface area contributed by atoms with Crippen LogP contribution in [-0.2, 0) is 11.2 Å². The van der Waals surface area contributed by atoms with E-state index < -0.39 is 11.9 Å². The van der Waals surface area contributed by atoms with Gasteiger partial charge in [0.2, 0.25) is 0 Å². The first-order chi connectivity index (χ1) is 10.0. The van der Waals surface area contributed by atoms with Crippen molar-refractivity contribution < 1.29 is 14.7 Å². The molecular weight excluding hydrogens is 268 g/mol. The van der Waals surface area contributed by atoms with Crippen LogP contribution in [0.1, 0.15) is 35.7 Å². The van der Waals surface area contributed by atoms with Gasteiger partial charge in [0.25, 0.3) is 5.91 Å². The molecule has 21 heavy (non-hydrogen) atoms. The van der Waals surface area contributed by atoms with Crippen molar-refractivity contribution in [3.63, 3.8) is 0 Å². The monoisotopic (exact) mass is 286 g/mol. The van der Waals surface area contributed by atoms with E-state index in [1.807, 2.05) is 6.92 Å². The van der Waals surface area contributed by atoms with Crippen LogP contribution in [0.25, 0.3) is 0 Å². The van der Waals surface area contributed by atoms with Crippen LogP contribution in [-0.4, -0.2) is 34.5 Å².